The molecule has 6 nitrogen and oxygen atoms in total. The Morgan fingerprint density at radius 3 is 2.72 bits per heavy atom. The molecule has 0 spiro atoms. The molecule has 1 N–H and O–H groups in total. The van der Waals surface area contributed by atoms with E-state index in [0.29, 0.717) is 18.1 Å². The highest BCUT2D eigenvalue weighted by atomic mass is 32.1. The maximum atomic E-state index is 12.4. The average molecular weight is 354 g/mol. The zero-order chi connectivity index (χ0) is 17.1. The molecule has 1 unspecified atom stereocenters. The minimum absolute atomic E-state index is 0.0459. The zero-order valence-electron chi connectivity index (χ0n) is 13.0. The highest BCUT2D eigenvalue weighted by Gasteiger charge is 2.21. The molecule has 25 heavy (non-hydrogen) atoms. The van der Waals surface area contributed by atoms with E-state index in [4.69, 9.17) is 13.4 Å². The van der Waals surface area contributed by atoms with Crippen LogP contribution in [-0.2, 0) is 0 Å². The van der Waals surface area contributed by atoms with E-state index in [1.807, 2.05) is 29.6 Å². The lowest BCUT2D eigenvalue weighted by atomic mass is 10.0. The first-order chi connectivity index (χ1) is 12.3. The number of thiophene rings is 1. The van der Waals surface area contributed by atoms with Gasteiger partial charge in [-0.05, 0) is 35.7 Å². The minimum Gasteiger partial charge on any atom is -0.469 e. The van der Waals surface area contributed by atoms with Gasteiger partial charge in [-0.1, -0.05) is 11.2 Å². The Kier molecular flexibility index (Phi) is 4.22. The Morgan fingerprint density at radius 2 is 2.00 bits per heavy atom. The molecule has 4 rings (SSSR count). The van der Waals surface area contributed by atoms with Crippen LogP contribution in [0.3, 0.4) is 0 Å². The van der Waals surface area contributed by atoms with Crippen LogP contribution in [0.25, 0.3) is 11.5 Å². The topological polar surface area (TPSA) is 81.4 Å². The molecular weight excluding hydrogens is 340 g/mol. The first-order valence-electron chi connectivity index (χ1n) is 7.67. The maximum absolute atomic E-state index is 12.4. The minimum atomic E-state index is -0.310. The van der Waals surface area contributed by atoms with Gasteiger partial charge in [-0.15, -0.1) is 11.3 Å². The number of rotatable bonds is 6. The summed E-state index contributed by atoms with van der Waals surface area (Å²) in [5.74, 6) is 1.39. The summed E-state index contributed by atoms with van der Waals surface area (Å²) in [7, 11) is 0. The molecule has 0 aromatic carbocycles. The second kappa shape index (κ2) is 6.82. The molecule has 4 aromatic rings. The molecule has 0 fully saturated rings. The van der Waals surface area contributed by atoms with Gasteiger partial charge in [0.15, 0.2) is 11.5 Å². The van der Waals surface area contributed by atoms with Gasteiger partial charge in [0.25, 0.3) is 5.91 Å². The van der Waals surface area contributed by atoms with Crippen molar-refractivity contribution in [1.82, 2.24) is 10.5 Å². The van der Waals surface area contributed by atoms with Crippen LogP contribution in [0.4, 0.5) is 0 Å². The Balaban J connectivity index is 1.47. The molecule has 0 saturated heterocycles. The van der Waals surface area contributed by atoms with E-state index in [2.05, 4.69) is 10.5 Å². The number of hydrogen-bond donors (Lipinski definition) is 1. The van der Waals surface area contributed by atoms with Crippen molar-refractivity contribution in [3.63, 3.8) is 0 Å². The molecule has 0 aliphatic heterocycles. The lowest BCUT2D eigenvalue weighted by Gasteiger charge is -2.13. The Hall–Kier alpha value is -3.06. The van der Waals surface area contributed by atoms with Crippen LogP contribution in [0.5, 0.6) is 0 Å². The van der Waals surface area contributed by atoms with E-state index in [0.717, 1.165) is 10.6 Å². The Labute approximate surface area is 147 Å². The van der Waals surface area contributed by atoms with E-state index in [1.165, 1.54) is 6.26 Å². The second-order valence-electron chi connectivity index (χ2n) is 5.35. The summed E-state index contributed by atoms with van der Waals surface area (Å²) in [6.07, 6.45) is 3.16. The summed E-state index contributed by atoms with van der Waals surface area (Å²) in [4.78, 5) is 13.5. The largest absolute Gasteiger partial charge is 0.469 e. The van der Waals surface area contributed by atoms with Crippen LogP contribution < -0.4 is 5.32 Å². The molecule has 126 valence electrons. The molecule has 0 aliphatic carbocycles. The van der Waals surface area contributed by atoms with Crippen LogP contribution in [0.1, 0.15) is 27.0 Å². The normalized spacial score (nSPS) is 12.2. The third kappa shape index (κ3) is 3.27. The van der Waals surface area contributed by atoms with Gasteiger partial charge in [0.05, 0.1) is 18.4 Å². The number of aromatic nitrogens is 1. The Morgan fingerprint density at radius 1 is 1.12 bits per heavy atom. The SMILES string of the molecule is O=C(NCC(c1ccco1)c1cccs1)c1cc(-c2ccco2)on1. The fraction of sp³-hybridized carbons (Fsp3) is 0.111. The summed E-state index contributed by atoms with van der Waals surface area (Å²) < 4.78 is 15.9. The van der Waals surface area contributed by atoms with Crippen molar-refractivity contribution < 1.29 is 18.2 Å². The van der Waals surface area contributed by atoms with Gasteiger partial charge in [-0.2, -0.15) is 0 Å². The number of amides is 1. The van der Waals surface area contributed by atoms with Crippen molar-refractivity contribution in [1.29, 1.82) is 0 Å². The van der Waals surface area contributed by atoms with Crippen molar-refractivity contribution in [2.45, 2.75) is 5.92 Å². The number of carbonyl (C=O) groups excluding carboxylic acids is 1. The number of hydrogen-bond acceptors (Lipinski definition) is 6. The maximum Gasteiger partial charge on any atom is 0.273 e. The van der Waals surface area contributed by atoms with E-state index in [1.54, 1.807) is 35.8 Å². The smallest absolute Gasteiger partial charge is 0.273 e. The molecule has 4 aromatic heterocycles. The molecule has 0 aliphatic rings. The predicted molar refractivity (Wildman–Crippen MR) is 91.4 cm³/mol. The van der Waals surface area contributed by atoms with Crippen LogP contribution in [0.15, 0.2) is 73.7 Å². The molecule has 1 amide bonds. The third-order valence-corrected chi connectivity index (χ3v) is 4.73. The number of nitrogens with one attached hydrogen (secondary N) is 1. The van der Waals surface area contributed by atoms with E-state index >= 15 is 0 Å². The molecule has 7 heteroatoms. The highest BCUT2D eigenvalue weighted by molar-refractivity contribution is 7.10. The monoisotopic (exact) mass is 354 g/mol. The zero-order valence-corrected chi connectivity index (χ0v) is 13.9. The van der Waals surface area contributed by atoms with Gasteiger partial charge in [0.2, 0.25) is 5.76 Å². The molecule has 4 heterocycles. The van der Waals surface area contributed by atoms with Gasteiger partial charge in [0.1, 0.15) is 5.76 Å². The van der Waals surface area contributed by atoms with Crippen molar-refractivity contribution in [2.75, 3.05) is 6.54 Å². The quantitative estimate of drug-likeness (QED) is 0.562. The summed E-state index contributed by atoms with van der Waals surface area (Å²) in [5, 5.41) is 8.70. The standard InChI is InChI=1S/C18H14N2O4S/c21-18(13-10-16(24-20-13)15-5-2-8-23-15)19-11-12(14-4-1-7-22-14)17-6-3-9-25-17/h1-10,12H,11H2,(H,19,21). The summed E-state index contributed by atoms with van der Waals surface area (Å²) in [6.45, 7) is 0.399. The summed E-state index contributed by atoms with van der Waals surface area (Å²) >= 11 is 1.62. The fourth-order valence-corrected chi connectivity index (χ4v) is 3.36. The lowest BCUT2D eigenvalue weighted by molar-refractivity contribution is 0.0943. The van der Waals surface area contributed by atoms with Gasteiger partial charge in [-0.3, -0.25) is 4.79 Å². The molecule has 0 bridgehead atoms. The first kappa shape index (κ1) is 15.5. The van der Waals surface area contributed by atoms with Crippen LogP contribution in [-0.4, -0.2) is 17.6 Å². The fourth-order valence-electron chi connectivity index (χ4n) is 2.52. The molecule has 1 atom stereocenters. The predicted octanol–water partition coefficient (Wildman–Crippen LogP) is 4.15. The van der Waals surface area contributed by atoms with E-state index in [9.17, 15) is 4.79 Å². The number of furan rings is 2. The van der Waals surface area contributed by atoms with Gasteiger partial charge < -0.3 is 18.7 Å². The third-order valence-electron chi connectivity index (χ3n) is 3.75. The van der Waals surface area contributed by atoms with E-state index < -0.39 is 0 Å². The van der Waals surface area contributed by atoms with Crippen LogP contribution >= 0.6 is 11.3 Å². The van der Waals surface area contributed by atoms with Gasteiger partial charge in [-0.25, -0.2) is 0 Å². The van der Waals surface area contributed by atoms with Crippen molar-refractivity contribution in [3.8, 4) is 11.5 Å². The van der Waals surface area contributed by atoms with Gasteiger partial charge in [0, 0.05) is 17.5 Å². The second-order valence-corrected chi connectivity index (χ2v) is 6.33. The number of carbonyl (C=O) groups is 1. The number of nitrogens with zero attached hydrogens (tertiary/aromatic N) is 1. The van der Waals surface area contributed by atoms with Crippen LogP contribution in [0, 0.1) is 0 Å². The summed E-state index contributed by atoms with van der Waals surface area (Å²) in [5.41, 5.74) is 0.204. The molecular formula is C18H14N2O4S. The van der Waals surface area contributed by atoms with E-state index in [-0.39, 0.29) is 17.5 Å². The van der Waals surface area contributed by atoms with Crippen molar-refractivity contribution in [3.05, 3.63) is 76.7 Å². The Bertz CT molecular complexity index is 890. The summed E-state index contributed by atoms with van der Waals surface area (Å²) in [6, 6.07) is 12.8. The van der Waals surface area contributed by atoms with Crippen molar-refractivity contribution in [2.24, 2.45) is 0 Å². The lowest BCUT2D eigenvalue weighted by Crippen LogP contribution is -2.28. The molecule has 0 saturated carbocycles. The van der Waals surface area contributed by atoms with Gasteiger partial charge >= 0.3 is 0 Å². The highest BCUT2D eigenvalue weighted by Crippen LogP contribution is 2.28. The first-order valence-corrected chi connectivity index (χ1v) is 8.55. The van der Waals surface area contributed by atoms with Crippen LogP contribution in [0.2, 0.25) is 0 Å². The van der Waals surface area contributed by atoms with Crippen molar-refractivity contribution >= 4 is 17.2 Å². The molecule has 0 radical (unpaired) electrons. The average Bonchev–Trinajstić information content (AvgIpc) is 3.43.